The molecule has 1 aromatic carbocycles. The second-order valence-corrected chi connectivity index (χ2v) is 8.17. The van der Waals surface area contributed by atoms with Crippen molar-refractivity contribution in [1.82, 2.24) is 9.88 Å². The number of aromatic nitrogens is 1. The number of benzene rings is 1. The molecule has 29 heavy (non-hydrogen) atoms. The maximum absolute atomic E-state index is 12.8. The zero-order valence-electron chi connectivity index (χ0n) is 17.1. The highest BCUT2D eigenvalue weighted by atomic mass is 16.5. The van der Waals surface area contributed by atoms with Crippen molar-refractivity contribution >= 4 is 22.6 Å². The lowest BCUT2D eigenvalue weighted by atomic mass is 9.93. The highest BCUT2D eigenvalue weighted by molar-refractivity contribution is 5.86. The number of nitrogens with zero attached hydrogens (tertiary/aromatic N) is 3. The van der Waals surface area contributed by atoms with Crippen LogP contribution in [0.25, 0.3) is 11.0 Å². The van der Waals surface area contributed by atoms with E-state index >= 15 is 0 Å². The number of piperazine rings is 1. The van der Waals surface area contributed by atoms with Crippen LogP contribution in [-0.4, -0.2) is 49.1 Å². The van der Waals surface area contributed by atoms with Crippen LogP contribution in [0.3, 0.4) is 0 Å². The summed E-state index contributed by atoms with van der Waals surface area (Å²) >= 11 is 0. The monoisotopic (exact) mass is 391 g/mol. The largest absolute Gasteiger partial charge is 0.460 e. The molecular weight excluding hydrogens is 366 g/mol. The molecule has 6 nitrogen and oxygen atoms in total. The summed E-state index contributed by atoms with van der Waals surface area (Å²) in [5.74, 6) is 0.639. The molecular formula is C23H25N3O3. The fourth-order valence-corrected chi connectivity index (χ4v) is 4.30. The predicted molar refractivity (Wildman–Crippen MR) is 112 cm³/mol. The summed E-state index contributed by atoms with van der Waals surface area (Å²) in [4.78, 5) is 22.0. The number of hydrogen-bond acceptors (Lipinski definition) is 6. The number of carbonyl (C=O) groups excluding carboxylic acids is 1. The molecule has 3 aromatic rings. The molecule has 1 unspecified atom stereocenters. The highest BCUT2D eigenvalue weighted by Gasteiger charge is 2.33. The second kappa shape index (κ2) is 6.88. The number of carbonyl (C=O) groups is 1. The maximum Gasteiger partial charge on any atom is 0.322 e. The molecule has 1 atom stereocenters. The van der Waals surface area contributed by atoms with Crippen LogP contribution in [0.5, 0.6) is 5.75 Å². The molecule has 2 aliphatic heterocycles. The van der Waals surface area contributed by atoms with Crippen molar-refractivity contribution in [2.45, 2.75) is 26.2 Å². The van der Waals surface area contributed by atoms with Crippen LogP contribution in [0.15, 0.2) is 34.7 Å². The van der Waals surface area contributed by atoms with Crippen molar-refractivity contribution in [3.8, 4) is 5.75 Å². The molecule has 2 aliphatic rings. The van der Waals surface area contributed by atoms with Gasteiger partial charge in [0, 0.05) is 60.8 Å². The normalized spacial score (nSPS) is 20.0. The Morgan fingerprint density at radius 1 is 1.07 bits per heavy atom. The van der Waals surface area contributed by atoms with Crippen LogP contribution in [0.1, 0.15) is 28.6 Å². The molecule has 0 aliphatic carbocycles. The molecule has 0 bridgehead atoms. The first-order valence-corrected chi connectivity index (χ1v) is 10.1. The quantitative estimate of drug-likeness (QED) is 0.493. The smallest absolute Gasteiger partial charge is 0.322 e. The van der Waals surface area contributed by atoms with E-state index in [-0.39, 0.29) is 5.97 Å². The number of aryl methyl sites for hydroxylation is 2. The van der Waals surface area contributed by atoms with Crippen molar-refractivity contribution in [2.24, 2.45) is 0 Å². The number of hydrogen-bond donors (Lipinski definition) is 0. The molecule has 2 aromatic heterocycles. The van der Waals surface area contributed by atoms with Crippen molar-refractivity contribution in [3.63, 3.8) is 0 Å². The van der Waals surface area contributed by atoms with Crippen LogP contribution < -0.4 is 9.64 Å². The van der Waals surface area contributed by atoms with E-state index in [4.69, 9.17) is 9.15 Å². The second-order valence-electron chi connectivity index (χ2n) is 8.17. The number of furan rings is 1. The average Bonchev–Trinajstić information content (AvgIpc) is 3.11. The summed E-state index contributed by atoms with van der Waals surface area (Å²) in [5.41, 5.74) is 4.75. The maximum atomic E-state index is 12.8. The van der Waals surface area contributed by atoms with Crippen molar-refractivity contribution < 1.29 is 13.9 Å². The Kier molecular flexibility index (Phi) is 4.32. The number of pyridine rings is 1. The molecule has 0 radical (unpaired) electrons. The van der Waals surface area contributed by atoms with Gasteiger partial charge in [-0.2, -0.15) is 0 Å². The molecule has 150 valence electrons. The number of likely N-dealkylation sites (N-methyl/N-ethyl adjacent to an activating group) is 1. The summed E-state index contributed by atoms with van der Waals surface area (Å²) in [6.07, 6.45) is 0.586. The molecule has 0 amide bonds. The molecule has 0 saturated carbocycles. The van der Waals surface area contributed by atoms with E-state index in [0.717, 1.165) is 59.8 Å². The number of fused-ring (bicyclic) bond motifs is 2. The van der Waals surface area contributed by atoms with E-state index in [9.17, 15) is 4.79 Å². The van der Waals surface area contributed by atoms with Crippen LogP contribution in [0.2, 0.25) is 0 Å². The zero-order valence-corrected chi connectivity index (χ0v) is 17.1. The zero-order chi connectivity index (χ0) is 20.1. The molecule has 5 rings (SSSR count). The number of ether oxygens (including phenoxy) is 1. The Bertz CT molecular complexity index is 1100. The first-order chi connectivity index (χ1) is 14.0. The number of anilines is 1. The van der Waals surface area contributed by atoms with Gasteiger partial charge in [-0.05, 0) is 45.0 Å². The lowest BCUT2D eigenvalue weighted by Gasteiger charge is -2.34. The topological polar surface area (TPSA) is 58.8 Å². The Balaban J connectivity index is 1.42. The number of esters is 1. The van der Waals surface area contributed by atoms with E-state index in [1.165, 1.54) is 0 Å². The van der Waals surface area contributed by atoms with Crippen LogP contribution >= 0.6 is 0 Å². The van der Waals surface area contributed by atoms with Crippen LogP contribution in [-0.2, 0) is 11.2 Å². The average molecular weight is 391 g/mol. The summed E-state index contributed by atoms with van der Waals surface area (Å²) in [6.45, 7) is 7.95. The van der Waals surface area contributed by atoms with Gasteiger partial charge in [0.1, 0.15) is 23.0 Å². The molecule has 1 fully saturated rings. The van der Waals surface area contributed by atoms with Gasteiger partial charge in [0.2, 0.25) is 0 Å². The van der Waals surface area contributed by atoms with Gasteiger partial charge in [0.25, 0.3) is 0 Å². The summed E-state index contributed by atoms with van der Waals surface area (Å²) in [7, 11) is 2.14. The summed E-state index contributed by atoms with van der Waals surface area (Å²) in [6, 6.07) is 10.1. The van der Waals surface area contributed by atoms with Gasteiger partial charge in [-0.1, -0.05) is 6.07 Å². The van der Waals surface area contributed by atoms with Gasteiger partial charge < -0.3 is 19.0 Å². The minimum atomic E-state index is -0.427. The van der Waals surface area contributed by atoms with Crippen molar-refractivity contribution in [3.05, 3.63) is 53.0 Å². The van der Waals surface area contributed by atoms with E-state index in [1.807, 2.05) is 32.0 Å². The van der Waals surface area contributed by atoms with E-state index in [1.54, 1.807) is 0 Å². The van der Waals surface area contributed by atoms with Gasteiger partial charge in [-0.15, -0.1) is 0 Å². The standard InChI is InChI=1S/C23H25N3O3/c1-14-10-21-18(15(2)24-14)13-22(28-21)19-11-16-4-5-17(12-20(16)29-23(19)27)26-8-6-25(3)7-9-26/h4-5,10,12-13,19H,6-9,11H2,1-3H3. The predicted octanol–water partition coefficient (Wildman–Crippen LogP) is 3.44. The Morgan fingerprint density at radius 3 is 2.66 bits per heavy atom. The third kappa shape index (κ3) is 3.27. The van der Waals surface area contributed by atoms with Crippen molar-refractivity contribution in [1.29, 1.82) is 0 Å². The summed E-state index contributed by atoms with van der Waals surface area (Å²) < 4.78 is 11.8. The van der Waals surface area contributed by atoms with Gasteiger partial charge in [-0.3, -0.25) is 9.78 Å². The first kappa shape index (κ1) is 18.2. The minimum absolute atomic E-state index is 0.255. The fraction of sp³-hybridized carbons (Fsp3) is 0.391. The molecule has 1 saturated heterocycles. The third-order valence-electron chi connectivity index (χ3n) is 6.04. The van der Waals surface area contributed by atoms with Crippen LogP contribution in [0.4, 0.5) is 5.69 Å². The lowest BCUT2D eigenvalue weighted by molar-refractivity contribution is -0.137. The highest BCUT2D eigenvalue weighted by Crippen LogP contribution is 2.38. The lowest BCUT2D eigenvalue weighted by Crippen LogP contribution is -2.44. The number of rotatable bonds is 2. The first-order valence-electron chi connectivity index (χ1n) is 10.1. The van der Waals surface area contributed by atoms with Gasteiger partial charge in [0.05, 0.1) is 0 Å². The third-order valence-corrected chi connectivity index (χ3v) is 6.04. The minimum Gasteiger partial charge on any atom is -0.460 e. The Hall–Kier alpha value is -2.86. The van der Waals surface area contributed by atoms with E-state index < -0.39 is 5.92 Å². The Labute approximate surface area is 170 Å². The van der Waals surface area contributed by atoms with E-state index in [2.05, 4.69) is 34.0 Å². The SMILES string of the molecule is Cc1cc2oc(C3Cc4ccc(N5CCN(C)CC5)cc4OC3=O)cc2c(C)n1. The Morgan fingerprint density at radius 2 is 1.86 bits per heavy atom. The summed E-state index contributed by atoms with van der Waals surface area (Å²) in [5, 5.41) is 0.953. The molecule has 0 N–H and O–H groups in total. The molecule has 0 spiro atoms. The van der Waals surface area contributed by atoms with Crippen LogP contribution in [0, 0.1) is 13.8 Å². The fourth-order valence-electron chi connectivity index (χ4n) is 4.30. The van der Waals surface area contributed by atoms with Gasteiger partial charge >= 0.3 is 5.97 Å². The van der Waals surface area contributed by atoms with Gasteiger partial charge in [-0.25, -0.2) is 0 Å². The molecule has 6 heteroatoms. The van der Waals surface area contributed by atoms with Gasteiger partial charge in [0.15, 0.2) is 0 Å². The van der Waals surface area contributed by atoms with E-state index in [0.29, 0.717) is 17.9 Å². The molecule has 4 heterocycles. The van der Waals surface area contributed by atoms with Crippen molar-refractivity contribution in [2.75, 3.05) is 38.1 Å².